The van der Waals surface area contributed by atoms with Gasteiger partial charge in [0.1, 0.15) is 6.17 Å². The molecule has 0 aromatic carbocycles. The van der Waals surface area contributed by atoms with Gasteiger partial charge in [-0.05, 0) is 12.8 Å². The Morgan fingerprint density at radius 3 is 2.71 bits per heavy atom. The first-order chi connectivity index (χ1) is 6.70. The first-order valence-electron chi connectivity index (χ1n) is 5.25. The molecular weight excluding hydrogens is 185 g/mol. The molecule has 4 heteroatoms. The molecule has 82 valence electrons. The SMILES string of the molecule is CCCN(C(=O)CCCO)C1CC1F. The maximum atomic E-state index is 12.8. The van der Waals surface area contributed by atoms with Crippen LogP contribution in [0, 0.1) is 0 Å². The lowest BCUT2D eigenvalue weighted by atomic mass is 10.2. The molecular formula is C10H18FNO2. The molecule has 1 saturated carbocycles. The van der Waals surface area contributed by atoms with Gasteiger partial charge in [0.05, 0.1) is 6.04 Å². The summed E-state index contributed by atoms with van der Waals surface area (Å²) in [6, 6.07) is -0.179. The molecule has 1 amide bonds. The van der Waals surface area contributed by atoms with E-state index in [-0.39, 0.29) is 18.6 Å². The first-order valence-corrected chi connectivity index (χ1v) is 5.25. The van der Waals surface area contributed by atoms with E-state index in [1.807, 2.05) is 6.92 Å². The Kier molecular flexibility index (Phi) is 4.32. The van der Waals surface area contributed by atoms with Crippen molar-refractivity contribution in [2.24, 2.45) is 0 Å². The molecule has 1 aliphatic carbocycles. The summed E-state index contributed by atoms with van der Waals surface area (Å²) < 4.78 is 12.8. The summed E-state index contributed by atoms with van der Waals surface area (Å²) in [5.41, 5.74) is 0. The zero-order valence-corrected chi connectivity index (χ0v) is 8.58. The molecule has 0 aliphatic heterocycles. The van der Waals surface area contributed by atoms with Gasteiger partial charge in [-0.1, -0.05) is 6.92 Å². The van der Waals surface area contributed by atoms with E-state index in [2.05, 4.69) is 0 Å². The molecule has 1 fully saturated rings. The van der Waals surface area contributed by atoms with Gasteiger partial charge in [-0.25, -0.2) is 4.39 Å². The third kappa shape index (κ3) is 2.94. The van der Waals surface area contributed by atoms with E-state index in [0.29, 0.717) is 25.8 Å². The summed E-state index contributed by atoms with van der Waals surface area (Å²) in [6.07, 6.45) is 1.33. The number of halogens is 1. The minimum Gasteiger partial charge on any atom is -0.396 e. The number of aliphatic hydroxyl groups is 1. The highest BCUT2D eigenvalue weighted by molar-refractivity contribution is 5.77. The fourth-order valence-electron chi connectivity index (χ4n) is 1.56. The van der Waals surface area contributed by atoms with Crippen molar-refractivity contribution in [2.75, 3.05) is 13.2 Å². The Bertz CT molecular complexity index is 199. The van der Waals surface area contributed by atoms with Crippen molar-refractivity contribution in [1.82, 2.24) is 4.90 Å². The van der Waals surface area contributed by atoms with E-state index >= 15 is 0 Å². The lowest BCUT2D eigenvalue weighted by Crippen LogP contribution is -2.35. The number of amides is 1. The molecule has 14 heavy (non-hydrogen) atoms. The topological polar surface area (TPSA) is 40.5 Å². The Hall–Kier alpha value is -0.640. The van der Waals surface area contributed by atoms with E-state index in [1.165, 1.54) is 0 Å². The predicted molar refractivity (Wildman–Crippen MR) is 51.6 cm³/mol. The van der Waals surface area contributed by atoms with Gasteiger partial charge in [-0.2, -0.15) is 0 Å². The molecule has 1 N–H and O–H groups in total. The van der Waals surface area contributed by atoms with Gasteiger partial charge < -0.3 is 10.0 Å². The third-order valence-corrected chi connectivity index (χ3v) is 2.41. The largest absolute Gasteiger partial charge is 0.396 e. The Balaban J connectivity index is 2.37. The van der Waals surface area contributed by atoms with Crippen LogP contribution in [0.4, 0.5) is 4.39 Å². The zero-order chi connectivity index (χ0) is 10.6. The summed E-state index contributed by atoms with van der Waals surface area (Å²) in [5.74, 6) is -0.0222. The monoisotopic (exact) mass is 203 g/mol. The second-order valence-corrected chi connectivity index (χ2v) is 3.73. The molecule has 2 atom stereocenters. The molecule has 0 spiro atoms. The van der Waals surface area contributed by atoms with Crippen LogP contribution in [0.1, 0.15) is 32.6 Å². The van der Waals surface area contributed by atoms with E-state index in [0.717, 1.165) is 6.42 Å². The average Bonchev–Trinajstić information content (AvgIpc) is 2.88. The van der Waals surface area contributed by atoms with Gasteiger partial charge in [-0.3, -0.25) is 4.79 Å². The number of carbonyl (C=O) groups is 1. The van der Waals surface area contributed by atoms with Crippen LogP contribution in [0.25, 0.3) is 0 Å². The highest BCUT2D eigenvalue weighted by Gasteiger charge is 2.43. The number of alkyl halides is 1. The predicted octanol–water partition coefficient (Wildman–Crippen LogP) is 1.11. The van der Waals surface area contributed by atoms with Gasteiger partial charge in [0.15, 0.2) is 0 Å². The van der Waals surface area contributed by atoms with Crippen molar-refractivity contribution < 1.29 is 14.3 Å². The number of hydrogen-bond acceptors (Lipinski definition) is 2. The normalized spacial score (nSPS) is 24.8. The molecule has 1 aliphatic rings. The Morgan fingerprint density at radius 1 is 1.64 bits per heavy atom. The molecule has 0 aromatic heterocycles. The van der Waals surface area contributed by atoms with Crippen LogP contribution < -0.4 is 0 Å². The number of rotatable bonds is 6. The summed E-state index contributed by atoms with van der Waals surface area (Å²) in [4.78, 5) is 13.2. The lowest BCUT2D eigenvalue weighted by molar-refractivity contribution is -0.132. The van der Waals surface area contributed by atoms with Gasteiger partial charge in [0, 0.05) is 26.0 Å². The summed E-state index contributed by atoms with van der Waals surface area (Å²) in [7, 11) is 0. The highest BCUT2D eigenvalue weighted by Crippen LogP contribution is 2.31. The molecule has 0 radical (unpaired) electrons. The van der Waals surface area contributed by atoms with Crippen LogP contribution in [0.3, 0.4) is 0 Å². The molecule has 3 nitrogen and oxygen atoms in total. The first kappa shape index (κ1) is 11.4. The standard InChI is InChI=1S/C10H18FNO2/c1-2-5-12(9-7-8(9)11)10(14)4-3-6-13/h8-9,13H,2-7H2,1H3. The van der Waals surface area contributed by atoms with Crippen molar-refractivity contribution in [3.63, 3.8) is 0 Å². The Morgan fingerprint density at radius 2 is 2.29 bits per heavy atom. The van der Waals surface area contributed by atoms with E-state index in [9.17, 15) is 9.18 Å². The molecule has 0 heterocycles. The maximum Gasteiger partial charge on any atom is 0.223 e. The smallest absolute Gasteiger partial charge is 0.223 e. The second-order valence-electron chi connectivity index (χ2n) is 3.73. The summed E-state index contributed by atoms with van der Waals surface area (Å²) in [6.45, 7) is 2.63. The van der Waals surface area contributed by atoms with Gasteiger partial charge >= 0.3 is 0 Å². The average molecular weight is 203 g/mol. The summed E-state index contributed by atoms with van der Waals surface area (Å²) in [5, 5.41) is 8.59. The minimum atomic E-state index is -0.820. The van der Waals surface area contributed by atoms with Crippen LogP contribution in [0.5, 0.6) is 0 Å². The maximum absolute atomic E-state index is 12.8. The number of carbonyl (C=O) groups excluding carboxylic acids is 1. The van der Waals surface area contributed by atoms with Crippen molar-refractivity contribution in [3.05, 3.63) is 0 Å². The second kappa shape index (κ2) is 5.29. The minimum absolute atomic E-state index is 0.0222. The van der Waals surface area contributed by atoms with Crippen molar-refractivity contribution >= 4 is 5.91 Å². The van der Waals surface area contributed by atoms with Crippen LogP contribution in [-0.2, 0) is 4.79 Å². The zero-order valence-electron chi connectivity index (χ0n) is 8.58. The molecule has 2 unspecified atom stereocenters. The van der Waals surface area contributed by atoms with E-state index in [4.69, 9.17) is 5.11 Å². The van der Waals surface area contributed by atoms with Crippen molar-refractivity contribution in [1.29, 1.82) is 0 Å². The number of hydrogen-bond donors (Lipinski definition) is 1. The van der Waals surface area contributed by atoms with E-state index < -0.39 is 6.17 Å². The van der Waals surface area contributed by atoms with Crippen LogP contribution in [0.15, 0.2) is 0 Å². The van der Waals surface area contributed by atoms with Gasteiger partial charge in [-0.15, -0.1) is 0 Å². The fourth-order valence-corrected chi connectivity index (χ4v) is 1.56. The van der Waals surface area contributed by atoms with Crippen LogP contribution in [-0.4, -0.2) is 41.3 Å². The third-order valence-electron chi connectivity index (χ3n) is 2.41. The molecule has 1 rings (SSSR count). The van der Waals surface area contributed by atoms with Crippen LogP contribution in [0.2, 0.25) is 0 Å². The van der Waals surface area contributed by atoms with Crippen molar-refractivity contribution in [3.8, 4) is 0 Å². The molecule has 0 aromatic rings. The Labute approximate surface area is 83.9 Å². The van der Waals surface area contributed by atoms with Crippen LogP contribution >= 0.6 is 0 Å². The summed E-state index contributed by atoms with van der Waals surface area (Å²) >= 11 is 0. The lowest BCUT2D eigenvalue weighted by Gasteiger charge is -2.21. The highest BCUT2D eigenvalue weighted by atomic mass is 19.1. The molecule has 0 saturated heterocycles. The fraction of sp³-hybridized carbons (Fsp3) is 0.900. The quantitative estimate of drug-likeness (QED) is 0.702. The van der Waals surface area contributed by atoms with Gasteiger partial charge in [0.25, 0.3) is 0 Å². The number of nitrogens with zero attached hydrogens (tertiary/aromatic N) is 1. The van der Waals surface area contributed by atoms with Crippen molar-refractivity contribution in [2.45, 2.75) is 44.8 Å². The van der Waals surface area contributed by atoms with Gasteiger partial charge in [0.2, 0.25) is 5.91 Å². The molecule has 0 bridgehead atoms. The van der Waals surface area contributed by atoms with E-state index in [1.54, 1.807) is 4.90 Å². The number of aliphatic hydroxyl groups excluding tert-OH is 1.